The number of allylic oxidation sites excluding steroid dienone is 2. The second kappa shape index (κ2) is 16.8. The average Bonchev–Trinajstić information content (AvgIpc) is 2.91. The van der Waals surface area contributed by atoms with Gasteiger partial charge in [0.05, 0.1) is 18.7 Å². The number of fused-ring (bicyclic) bond motifs is 2. The number of hydrogen-bond acceptors (Lipinski definition) is 9. The van der Waals surface area contributed by atoms with E-state index in [1.54, 1.807) is 31.2 Å². The van der Waals surface area contributed by atoms with E-state index in [4.69, 9.17) is 4.74 Å². The number of nitrogens with one attached hydrogen (secondary N) is 3. The van der Waals surface area contributed by atoms with Crippen LogP contribution < -0.4 is 16.0 Å². The first-order valence-electron chi connectivity index (χ1n) is 12.8. The summed E-state index contributed by atoms with van der Waals surface area (Å²) in [6.07, 6.45) is 7.97. The van der Waals surface area contributed by atoms with Crippen LogP contribution in [0.3, 0.4) is 0 Å². The molecule has 2 bridgehead atoms. The van der Waals surface area contributed by atoms with Crippen molar-refractivity contribution in [2.75, 3.05) is 12.0 Å². The molecule has 0 spiro atoms. The summed E-state index contributed by atoms with van der Waals surface area (Å²) in [4.78, 5) is 68.2. The molecule has 1 aromatic heterocycles. The van der Waals surface area contributed by atoms with Crippen LogP contribution in [0.25, 0.3) is 0 Å². The van der Waals surface area contributed by atoms with Crippen LogP contribution in [0.1, 0.15) is 69.1 Å². The minimum absolute atomic E-state index is 0.00687. The summed E-state index contributed by atoms with van der Waals surface area (Å²) >= 11 is 2.60. The van der Waals surface area contributed by atoms with E-state index in [-0.39, 0.29) is 35.4 Å². The molecule has 39 heavy (non-hydrogen) atoms. The number of amides is 3. The second-order valence-corrected chi connectivity index (χ2v) is 10.9. The van der Waals surface area contributed by atoms with E-state index >= 15 is 0 Å². The van der Waals surface area contributed by atoms with Gasteiger partial charge in [-0.05, 0) is 44.2 Å². The van der Waals surface area contributed by atoms with E-state index < -0.39 is 29.9 Å². The molecule has 0 unspecified atom stereocenters. The summed E-state index contributed by atoms with van der Waals surface area (Å²) in [5.41, 5.74) is 0.535. The number of esters is 1. The first-order chi connectivity index (χ1) is 18.7. The number of aromatic nitrogens is 1. The van der Waals surface area contributed by atoms with Gasteiger partial charge in [-0.2, -0.15) is 0 Å². The monoisotopic (exact) mass is 576 g/mol. The van der Waals surface area contributed by atoms with Gasteiger partial charge in [0.15, 0.2) is 5.12 Å². The summed E-state index contributed by atoms with van der Waals surface area (Å²) in [5.74, 6) is -1.72. The molecule has 0 radical (unpaired) electrons. The summed E-state index contributed by atoms with van der Waals surface area (Å²) < 4.78 is 5.68. The third-order valence-corrected chi connectivity index (χ3v) is 7.15. The number of ether oxygens (including phenoxy) is 1. The molecule has 12 heteroatoms. The first kappa shape index (κ1) is 32.1. The lowest BCUT2D eigenvalue weighted by Gasteiger charge is -2.22. The molecule has 10 nitrogen and oxygen atoms in total. The second-order valence-electron chi connectivity index (χ2n) is 8.72. The molecule has 2 rings (SSSR count). The Morgan fingerprint density at radius 2 is 1.97 bits per heavy atom. The van der Waals surface area contributed by atoms with Gasteiger partial charge in [-0.3, -0.25) is 19.2 Å². The molecule has 0 aliphatic carbocycles. The SMILES string of the molecule is C/C=C1\NC(=O)c2cc(SC)cc(n2)CNC(=O)C[C@@H](/C=C/CCSC(C)=O)OC(=O)[C@H](CCCC)NC1=O. The minimum atomic E-state index is -0.978. The number of carbonyl (C=O) groups is 5. The molecule has 2 heterocycles. The Morgan fingerprint density at radius 3 is 2.64 bits per heavy atom. The molecule has 1 aliphatic rings. The van der Waals surface area contributed by atoms with Gasteiger partial charge in [-0.1, -0.05) is 43.7 Å². The standard InChI is InChI=1S/C27H36N4O6S2/c1-5-7-11-22-27(36)37-19(10-8-9-12-39-17(3)32)14-24(33)28-16-18-13-20(38-4)15-23(29-18)26(35)30-21(6-2)25(34)31-22/h6,8,10,13,15,19,22H,5,7,9,11-12,14,16H2,1-4H3,(H,28,33)(H,30,35)(H,31,34)/b10-8+,21-6-/t19-,22+/m1/s1. The highest BCUT2D eigenvalue weighted by Crippen LogP contribution is 2.18. The third-order valence-electron chi connectivity index (χ3n) is 5.60. The summed E-state index contributed by atoms with van der Waals surface area (Å²) in [5, 5.41) is 8.03. The molecular formula is C27H36N4O6S2. The van der Waals surface area contributed by atoms with E-state index in [0.29, 0.717) is 30.7 Å². The third kappa shape index (κ3) is 11.3. The van der Waals surface area contributed by atoms with Crippen molar-refractivity contribution in [2.24, 2.45) is 0 Å². The molecule has 2 atom stereocenters. The van der Waals surface area contributed by atoms with Crippen molar-refractivity contribution in [1.29, 1.82) is 0 Å². The number of cyclic esters (lactones) is 1. The van der Waals surface area contributed by atoms with Crippen molar-refractivity contribution in [3.63, 3.8) is 0 Å². The zero-order valence-corrected chi connectivity index (χ0v) is 24.3. The van der Waals surface area contributed by atoms with E-state index in [1.807, 2.05) is 13.2 Å². The van der Waals surface area contributed by atoms with Crippen molar-refractivity contribution in [3.05, 3.63) is 47.4 Å². The van der Waals surface area contributed by atoms with Gasteiger partial charge in [0.2, 0.25) is 5.91 Å². The van der Waals surface area contributed by atoms with Crippen LogP contribution in [0, 0.1) is 0 Å². The molecule has 1 aliphatic heterocycles. The van der Waals surface area contributed by atoms with Crippen LogP contribution in [0.2, 0.25) is 0 Å². The lowest BCUT2D eigenvalue weighted by molar-refractivity contribution is -0.152. The maximum absolute atomic E-state index is 13.1. The molecule has 0 aromatic carbocycles. The number of nitrogens with zero attached hydrogens (tertiary/aromatic N) is 1. The van der Waals surface area contributed by atoms with Crippen LogP contribution in [-0.2, 0) is 30.5 Å². The minimum Gasteiger partial charge on any atom is -0.456 e. The molecular weight excluding hydrogens is 540 g/mol. The van der Waals surface area contributed by atoms with Crippen LogP contribution in [0.4, 0.5) is 0 Å². The van der Waals surface area contributed by atoms with Crippen molar-refractivity contribution < 1.29 is 28.7 Å². The van der Waals surface area contributed by atoms with Crippen molar-refractivity contribution in [3.8, 4) is 0 Å². The highest BCUT2D eigenvalue weighted by molar-refractivity contribution is 8.13. The van der Waals surface area contributed by atoms with Gasteiger partial charge in [0, 0.05) is 17.6 Å². The zero-order valence-electron chi connectivity index (χ0n) is 22.7. The summed E-state index contributed by atoms with van der Waals surface area (Å²) in [6.45, 7) is 5.11. The highest BCUT2D eigenvalue weighted by atomic mass is 32.2. The maximum Gasteiger partial charge on any atom is 0.329 e. The lowest BCUT2D eigenvalue weighted by Crippen LogP contribution is -2.46. The van der Waals surface area contributed by atoms with Crippen molar-refractivity contribution in [2.45, 2.75) is 76.5 Å². The van der Waals surface area contributed by atoms with Crippen molar-refractivity contribution in [1.82, 2.24) is 20.9 Å². The van der Waals surface area contributed by atoms with Crippen LogP contribution >= 0.6 is 23.5 Å². The largest absolute Gasteiger partial charge is 0.456 e. The predicted molar refractivity (Wildman–Crippen MR) is 152 cm³/mol. The Bertz CT molecular complexity index is 1120. The Labute approximate surface area is 237 Å². The topological polar surface area (TPSA) is 144 Å². The average molecular weight is 577 g/mol. The molecule has 3 amide bonds. The van der Waals surface area contributed by atoms with Gasteiger partial charge in [-0.15, -0.1) is 11.8 Å². The summed E-state index contributed by atoms with van der Waals surface area (Å²) in [7, 11) is 0. The number of unbranched alkanes of at least 4 members (excludes halogenated alkanes) is 1. The highest BCUT2D eigenvalue weighted by Gasteiger charge is 2.27. The normalized spacial score (nSPS) is 20.4. The van der Waals surface area contributed by atoms with E-state index in [0.717, 1.165) is 11.3 Å². The van der Waals surface area contributed by atoms with E-state index in [9.17, 15) is 24.0 Å². The zero-order chi connectivity index (χ0) is 28.8. The molecule has 0 fully saturated rings. The van der Waals surface area contributed by atoms with E-state index in [2.05, 4.69) is 20.9 Å². The van der Waals surface area contributed by atoms with Gasteiger partial charge in [0.1, 0.15) is 23.5 Å². The van der Waals surface area contributed by atoms with Crippen LogP contribution in [-0.4, -0.2) is 57.9 Å². The first-order valence-corrected chi connectivity index (χ1v) is 15.0. The maximum atomic E-state index is 13.1. The smallest absolute Gasteiger partial charge is 0.329 e. The predicted octanol–water partition coefficient (Wildman–Crippen LogP) is 3.27. The van der Waals surface area contributed by atoms with Gasteiger partial charge >= 0.3 is 5.97 Å². The number of carbonyl (C=O) groups excluding carboxylic acids is 5. The quantitative estimate of drug-likeness (QED) is 0.140. The fourth-order valence-corrected chi connectivity index (χ4v) is 4.59. The Balaban J connectivity index is 2.39. The molecule has 1 aromatic rings. The Morgan fingerprint density at radius 1 is 1.21 bits per heavy atom. The van der Waals surface area contributed by atoms with Gasteiger partial charge in [0.25, 0.3) is 11.8 Å². The number of rotatable bonds is 8. The molecule has 3 N–H and O–H groups in total. The lowest BCUT2D eigenvalue weighted by atomic mass is 10.1. The van der Waals surface area contributed by atoms with E-state index in [1.165, 1.54) is 36.5 Å². The fourth-order valence-electron chi connectivity index (χ4n) is 3.57. The van der Waals surface area contributed by atoms with Crippen LogP contribution in [0.15, 0.2) is 41.0 Å². The summed E-state index contributed by atoms with van der Waals surface area (Å²) in [6, 6.07) is 2.39. The number of hydrogen-bond donors (Lipinski definition) is 3. The fraction of sp³-hybridized carbons (Fsp3) is 0.481. The Kier molecular flexibility index (Phi) is 13.8. The van der Waals surface area contributed by atoms with Gasteiger partial charge < -0.3 is 20.7 Å². The number of thioether (sulfide) groups is 2. The molecule has 0 saturated heterocycles. The number of pyridine rings is 1. The van der Waals surface area contributed by atoms with Crippen LogP contribution in [0.5, 0.6) is 0 Å². The molecule has 0 saturated carbocycles. The van der Waals surface area contributed by atoms with Gasteiger partial charge in [-0.25, -0.2) is 9.78 Å². The Hall–Kier alpha value is -3.12. The molecule has 212 valence electrons. The van der Waals surface area contributed by atoms with Crippen molar-refractivity contribution >= 4 is 52.3 Å².